The molecule has 0 heterocycles. The van der Waals surface area contributed by atoms with Crippen molar-refractivity contribution < 1.29 is 4.79 Å². The van der Waals surface area contributed by atoms with Crippen LogP contribution in [0, 0.1) is 0 Å². The minimum Gasteiger partial charge on any atom is -0.281 e. The van der Waals surface area contributed by atoms with E-state index in [0.29, 0.717) is 13.0 Å². The number of rotatable bonds is 4. The second kappa shape index (κ2) is 5.23. The molecule has 1 amide bonds. The first-order chi connectivity index (χ1) is 4.72. The Morgan fingerprint density at radius 1 is 1.40 bits per heavy atom. The molecule has 0 unspecified atom stereocenters. The number of carbonyl (C=O) groups excluding carboxylic acids is 1. The van der Waals surface area contributed by atoms with Crippen LogP contribution in [0.1, 0.15) is 33.1 Å². The molecule has 0 atom stereocenters. The molecule has 0 aromatic carbocycles. The molecule has 0 aromatic heterocycles. The summed E-state index contributed by atoms with van der Waals surface area (Å²) >= 11 is 0. The van der Waals surface area contributed by atoms with Gasteiger partial charge in [-0.3, -0.25) is 9.80 Å². The van der Waals surface area contributed by atoms with Gasteiger partial charge in [-0.1, -0.05) is 13.8 Å². The van der Waals surface area contributed by atoms with Gasteiger partial charge in [0.2, 0.25) is 5.91 Å². The molecule has 2 N–H and O–H groups in total. The minimum atomic E-state index is 0.0457. The average Bonchev–Trinajstić information content (AvgIpc) is 1.89. The van der Waals surface area contributed by atoms with Gasteiger partial charge in [0.25, 0.3) is 0 Å². The molecule has 0 aliphatic heterocycles. The molecule has 0 fully saturated rings. The van der Waals surface area contributed by atoms with Crippen LogP contribution in [0.4, 0.5) is 0 Å². The second-order valence-corrected chi connectivity index (χ2v) is 2.34. The predicted molar refractivity (Wildman–Crippen MR) is 41.1 cm³/mol. The van der Waals surface area contributed by atoms with Gasteiger partial charge in [-0.25, -0.2) is 5.84 Å². The first kappa shape index (κ1) is 9.43. The van der Waals surface area contributed by atoms with Gasteiger partial charge in [-0.05, 0) is 12.8 Å². The highest BCUT2D eigenvalue weighted by Gasteiger charge is 2.04. The Kier molecular flexibility index (Phi) is 4.94. The molecular weight excluding hydrogens is 128 g/mol. The topological polar surface area (TPSA) is 46.3 Å². The lowest BCUT2D eigenvalue weighted by molar-refractivity contribution is -0.131. The molecule has 0 saturated heterocycles. The van der Waals surface area contributed by atoms with Crippen LogP contribution in [-0.2, 0) is 4.79 Å². The van der Waals surface area contributed by atoms with E-state index in [1.165, 1.54) is 5.01 Å². The molecule has 60 valence electrons. The summed E-state index contributed by atoms with van der Waals surface area (Å²) in [6.45, 7) is 4.63. The zero-order valence-corrected chi connectivity index (χ0v) is 6.76. The molecule has 0 spiro atoms. The van der Waals surface area contributed by atoms with Crippen molar-refractivity contribution in [2.24, 2.45) is 5.84 Å². The Hall–Kier alpha value is -0.570. The standard InChI is InChI=1S/C7H16N2O/c1-3-5-7(10)9(8)6-4-2/h3-6,8H2,1-2H3. The van der Waals surface area contributed by atoms with Crippen molar-refractivity contribution in [1.82, 2.24) is 5.01 Å². The summed E-state index contributed by atoms with van der Waals surface area (Å²) in [5, 5.41) is 1.30. The summed E-state index contributed by atoms with van der Waals surface area (Å²) < 4.78 is 0. The van der Waals surface area contributed by atoms with Crippen molar-refractivity contribution in [3.63, 3.8) is 0 Å². The highest BCUT2D eigenvalue weighted by atomic mass is 16.2. The lowest BCUT2D eigenvalue weighted by Crippen LogP contribution is -2.37. The fourth-order valence-corrected chi connectivity index (χ4v) is 0.723. The van der Waals surface area contributed by atoms with Crippen molar-refractivity contribution in [3.05, 3.63) is 0 Å². The van der Waals surface area contributed by atoms with E-state index in [2.05, 4.69) is 0 Å². The fraction of sp³-hybridized carbons (Fsp3) is 0.857. The van der Waals surface area contributed by atoms with Gasteiger partial charge < -0.3 is 0 Å². The van der Waals surface area contributed by atoms with Crippen molar-refractivity contribution in [2.75, 3.05) is 6.54 Å². The number of carbonyl (C=O) groups is 1. The third kappa shape index (κ3) is 3.45. The molecule has 0 aliphatic rings. The van der Waals surface area contributed by atoms with E-state index in [4.69, 9.17) is 5.84 Å². The Labute approximate surface area is 62.2 Å². The second-order valence-electron chi connectivity index (χ2n) is 2.34. The maximum atomic E-state index is 10.9. The summed E-state index contributed by atoms with van der Waals surface area (Å²) in [6.07, 6.45) is 2.36. The molecule has 0 bridgehead atoms. The van der Waals surface area contributed by atoms with E-state index in [-0.39, 0.29) is 5.91 Å². The van der Waals surface area contributed by atoms with Crippen LogP contribution in [0.15, 0.2) is 0 Å². The van der Waals surface area contributed by atoms with Gasteiger partial charge in [0.15, 0.2) is 0 Å². The summed E-state index contributed by atoms with van der Waals surface area (Å²) in [5.41, 5.74) is 0. The van der Waals surface area contributed by atoms with Gasteiger partial charge in [0.1, 0.15) is 0 Å². The van der Waals surface area contributed by atoms with E-state index in [1.807, 2.05) is 13.8 Å². The Morgan fingerprint density at radius 2 is 2.00 bits per heavy atom. The van der Waals surface area contributed by atoms with Crippen LogP contribution in [0.25, 0.3) is 0 Å². The molecule has 0 aliphatic carbocycles. The molecule has 0 rings (SSSR count). The van der Waals surface area contributed by atoms with Crippen LogP contribution in [0.2, 0.25) is 0 Å². The fourth-order valence-electron chi connectivity index (χ4n) is 0.723. The van der Waals surface area contributed by atoms with E-state index >= 15 is 0 Å². The third-order valence-corrected chi connectivity index (χ3v) is 1.25. The highest BCUT2D eigenvalue weighted by molar-refractivity contribution is 5.75. The number of hydrogen-bond donors (Lipinski definition) is 1. The first-order valence-corrected chi connectivity index (χ1v) is 3.77. The van der Waals surface area contributed by atoms with Gasteiger partial charge in [-0.2, -0.15) is 0 Å². The number of nitrogens with two attached hydrogens (primary N) is 1. The van der Waals surface area contributed by atoms with Gasteiger partial charge in [0.05, 0.1) is 0 Å². The van der Waals surface area contributed by atoms with E-state index in [9.17, 15) is 4.79 Å². The zero-order chi connectivity index (χ0) is 7.98. The van der Waals surface area contributed by atoms with Gasteiger partial charge in [-0.15, -0.1) is 0 Å². The number of hydrogen-bond acceptors (Lipinski definition) is 2. The van der Waals surface area contributed by atoms with Crippen molar-refractivity contribution in [1.29, 1.82) is 0 Å². The average molecular weight is 144 g/mol. The van der Waals surface area contributed by atoms with Gasteiger partial charge >= 0.3 is 0 Å². The molecule has 3 nitrogen and oxygen atoms in total. The van der Waals surface area contributed by atoms with Crippen molar-refractivity contribution in [2.45, 2.75) is 33.1 Å². The van der Waals surface area contributed by atoms with Crippen molar-refractivity contribution in [3.8, 4) is 0 Å². The smallest absolute Gasteiger partial charge is 0.236 e. The third-order valence-electron chi connectivity index (χ3n) is 1.25. The minimum absolute atomic E-state index is 0.0457. The molecule has 0 radical (unpaired) electrons. The van der Waals surface area contributed by atoms with E-state index in [1.54, 1.807) is 0 Å². The zero-order valence-electron chi connectivity index (χ0n) is 6.76. The van der Waals surface area contributed by atoms with Crippen LogP contribution in [-0.4, -0.2) is 17.5 Å². The summed E-state index contributed by atoms with van der Waals surface area (Å²) in [4.78, 5) is 10.9. The van der Waals surface area contributed by atoms with Crippen LogP contribution in [0.3, 0.4) is 0 Å². The van der Waals surface area contributed by atoms with Crippen LogP contribution < -0.4 is 5.84 Å². The Balaban J connectivity index is 3.49. The molecule has 10 heavy (non-hydrogen) atoms. The molecule has 0 aromatic rings. The summed E-state index contributed by atoms with van der Waals surface area (Å²) in [7, 11) is 0. The normalized spacial score (nSPS) is 9.50. The molecular formula is C7H16N2O. The monoisotopic (exact) mass is 144 g/mol. The number of amides is 1. The predicted octanol–water partition coefficient (Wildman–Crippen LogP) is 0.899. The lowest BCUT2D eigenvalue weighted by Gasteiger charge is -2.14. The quantitative estimate of drug-likeness (QED) is 0.362. The number of hydrazine groups is 1. The molecule has 0 saturated carbocycles. The highest BCUT2D eigenvalue weighted by Crippen LogP contribution is 1.92. The van der Waals surface area contributed by atoms with Crippen molar-refractivity contribution >= 4 is 5.91 Å². The van der Waals surface area contributed by atoms with E-state index < -0.39 is 0 Å². The Morgan fingerprint density at radius 3 is 2.40 bits per heavy atom. The SMILES string of the molecule is CCCC(=O)N(N)CCC. The van der Waals surface area contributed by atoms with Crippen LogP contribution >= 0.6 is 0 Å². The van der Waals surface area contributed by atoms with Crippen LogP contribution in [0.5, 0.6) is 0 Å². The molecule has 3 heteroatoms. The summed E-state index contributed by atoms with van der Waals surface area (Å²) in [5.74, 6) is 5.44. The largest absolute Gasteiger partial charge is 0.281 e. The maximum absolute atomic E-state index is 10.9. The number of nitrogens with zero attached hydrogens (tertiary/aromatic N) is 1. The Bertz CT molecular complexity index is 104. The van der Waals surface area contributed by atoms with E-state index in [0.717, 1.165) is 12.8 Å². The maximum Gasteiger partial charge on any atom is 0.236 e. The summed E-state index contributed by atoms with van der Waals surface area (Å²) in [6, 6.07) is 0. The lowest BCUT2D eigenvalue weighted by atomic mass is 10.3. The van der Waals surface area contributed by atoms with Gasteiger partial charge in [0, 0.05) is 13.0 Å². The first-order valence-electron chi connectivity index (χ1n) is 3.77.